The van der Waals surface area contributed by atoms with E-state index in [1.165, 1.54) is 19.1 Å². The molecular formula is C21H33N3O3. The number of furan rings is 1. The third-order valence-corrected chi connectivity index (χ3v) is 5.86. The molecule has 6 nitrogen and oxygen atoms in total. The normalized spacial score (nSPS) is 20.2. The fraction of sp³-hybridized carbons (Fsp3) is 0.714. The second-order valence-electron chi connectivity index (χ2n) is 8.27. The second kappa shape index (κ2) is 9.40. The highest BCUT2D eigenvalue weighted by Crippen LogP contribution is 2.31. The lowest BCUT2D eigenvalue weighted by molar-refractivity contribution is -0.129. The van der Waals surface area contributed by atoms with E-state index in [4.69, 9.17) is 4.42 Å². The highest BCUT2D eigenvalue weighted by atomic mass is 16.3. The molecule has 150 valence electrons. The molecule has 2 fully saturated rings. The van der Waals surface area contributed by atoms with Gasteiger partial charge in [0.2, 0.25) is 5.91 Å². The minimum Gasteiger partial charge on any atom is -0.459 e. The van der Waals surface area contributed by atoms with Crippen molar-refractivity contribution in [1.82, 2.24) is 15.1 Å². The number of carbonyl (C=O) groups is 2. The van der Waals surface area contributed by atoms with E-state index in [0.717, 1.165) is 38.9 Å². The van der Waals surface area contributed by atoms with Crippen LogP contribution >= 0.6 is 0 Å². The Morgan fingerprint density at radius 3 is 2.48 bits per heavy atom. The Balaban J connectivity index is 1.58. The van der Waals surface area contributed by atoms with Gasteiger partial charge in [-0.2, -0.15) is 0 Å². The molecule has 2 aliphatic rings. The Bertz CT molecular complexity index is 600. The molecule has 1 saturated heterocycles. The molecule has 2 heterocycles. The van der Waals surface area contributed by atoms with Gasteiger partial charge < -0.3 is 14.6 Å². The number of hydrogen-bond donors (Lipinski definition) is 1. The van der Waals surface area contributed by atoms with Crippen molar-refractivity contribution in [1.29, 1.82) is 0 Å². The van der Waals surface area contributed by atoms with Gasteiger partial charge in [-0.15, -0.1) is 0 Å². The van der Waals surface area contributed by atoms with Crippen LogP contribution in [0.2, 0.25) is 0 Å². The van der Waals surface area contributed by atoms with Crippen molar-refractivity contribution in [3.63, 3.8) is 0 Å². The fourth-order valence-corrected chi connectivity index (χ4v) is 4.30. The number of hydrogen-bond acceptors (Lipinski definition) is 4. The van der Waals surface area contributed by atoms with Crippen LogP contribution < -0.4 is 5.32 Å². The molecule has 1 saturated carbocycles. The van der Waals surface area contributed by atoms with E-state index in [9.17, 15) is 9.59 Å². The van der Waals surface area contributed by atoms with Gasteiger partial charge in [0.25, 0.3) is 5.91 Å². The lowest BCUT2D eigenvalue weighted by atomic mass is 9.94. The molecule has 1 N–H and O–H groups in total. The summed E-state index contributed by atoms with van der Waals surface area (Å²) in [6, 6.07) is 3.39. The van der Waals surface area contributed by atoms with Gasteiger partial charge in [-0.1, -0.05) is 26.7 Å². The van der Waals surface area contributed by atoms with Crippen molar-refractivity contribution in [3.8, 4) is 0 Å². The minimum atomic E-state index is -0.0570. The predicted octanol–water partition coefficient (Wildman–Crippen LogP) is 2.76. The first-order chi connectivity index (χ1) is 13.1. The standard InChI is InChI=1S/C21H33N3O3/c1-16(2)9-10-22-20(25)19(17-6-3-4-7-17)23-11-13-24(14-12-23)21(26)18-8-5-15-27-18/h5,8,15-17,19H,3-4,6-7,9-14H2,1-2H3,(H,22,25). The maximum absolute atomic E-state index is 13.0. The van der Waals surface area contributed by atoms with Gasteiger partial charge in [0, 0.05) is 32.7 Å². The molecule has 1 aromatic heterocycles. The first-order valence-corrected chi connectivity index (χ1v) is 10.4. The number of piperazine rings is 1. The average molecular weight is 376 g/mol. The van der Waals surface area contributed by atoms with Crippen LogP contribution in [0.1, 0.15) is 56.5 Å². The maximum atomic E-state index is 13.0. The molecule has 1 aromatic rings. The van der Waals surface area contributed by atoms with Crippen LogP contribution in [0.25, 0.3) is 0 Å². The Labute approximate surface area is 162 Å². The first kappa shape index (κ1) is 19.9. The maximum Gasteiger partial charge on any atom is 0.289 e. The molecule has 0 bridgehead atoms. The quantitative estimate of drug-likeness (QED) is 0.796. The number of carbonyl (C=O) groups excluding carboxylic acids is 2. The summed E-state index contributed by atoms with van der Waals surface area (Å²) in [6.45, 7) is 7.86. The van der Waals surface area contributed by atoms with Gasteiger partial charge in [-0.05, 0) is 43.2 Å². The largest absolute Gasteiger partial charge is 0.459 e. The molecule has 3 rings (SSSR count). The number of nitrogens with zero attached hydrogens (tertiary/aromatic N) is 2. The third kappa shape index (κ3) is 5.12. The molecule has 0 spiro atoms. The van der Waals surface area contributed by atoms with Crippen LogP contribution in [0.3, 0.4) is 0 Å². The van der Waals surface area contributed by atoms with Crippen molar-refractivity contribution in [2.45, 2.75) is 52.0 Å². The summed E-state index contributed by atoms with van der Waals surface area (Å²) < 4.78 is 5.24. The Kier molecular flexibility index (Phi) is 6.94. The van der Waals surface area contributed by atoms with Crippen molar-refractivity contribution in [2.24, 2.45) is 11.8 Å². The third-order valence-electron chi connectivity index (χ3n) is 5.86. The van der Waals surface area contributed by atoms with Crippen LogP contribution in [0.5, 0.6) is 0 Å². The molecule has 27 heavy (non-hydrogen) atoms. The van der Waals surface area contributed by atoms with E-state index >= 15 is 0 Å². The van der Waals surface area contributed by atoms with Crippen LogP contribution in [-0.4, -0.2) is 60.4 Å². The summed E-state index contributed by atoms with van der Waals surface area (Å²) in [4.78, 5) is 29.6. The lowest BCUT2D eigenvalue weighted by Crippen LogP contribution is -2.58. The Morgan fingerprint density at radius 1 is 1.19 bits per heavy atom. The van der Waals surface area contributed by atoms with Crippen molar-refractivity contribution >= 4 is 11.8 Å². The smallest absolute Gasteiger partial charge is 0.289 e. The van der Waals surface area contributed by atoms with Gasteiger partial charge in [-0.3, -0.25) is 14.5 Å². The zero-order valence-electron chi connectivity index (χ0n) is 16.7. The van der Waals surface area contributed by atoms with Gasteiger partial charge in [0.05, 0.1) is 12.3 Å². The van der Waals surface area contributed by atoms with Gasteiger partial charge in [-0.25, -0.2) is 0 Å². The summed E-state index contributed by atoms with van der Waals surface area (Å²) in [5.74, 6) is 1.54. The molecule has 0 aromatic carbocycles. The van der Waals surface area contributed by atoms with E-state index in [-0.39, 0.29) is 17.9 Å². The molecule has 1 aliphatic heterocycles. The van der Waals surface area contributed by atoms with E-state index in [2.05, 4.69) is 24.1 Å². The van der Waals surface area contributed by atoms with Crippen LogP contribution in [-0.2, 0) is 4.79 Å². The van der Waals surface area contributed by atoms with Gasteiger partial charge in [0.1, 0.15) is 0 Å². The number of rotatable bonds is 7. The summed E-state index contributed by atoms with van der Waals surface area (Å²) in [6.07, 6.45) is 7.24. The van der Waals surface area contributed by atoms with E-state index in [1.54, 1.807) is 12.1 Å². The van der Waals surface area contributed by atoms with Crippen molar-refractivity contribution in [2.75, 3.05) is 32.7 Å². The van der Waals surface area contributed by atoms with Crippen molar-refractivity contribution < 1.29 is 14.0 Å². The van der Waals surface area contributed by atoms with Gasteiger partial charge in [0.15, 0.2) is 5.76 Å². The van der Waals surface area contributed by atoms with Gasteiger partial charge >= 0.3 is 0 Å². The monoisotopic (exact) mass is 375 g/mol. The first-order valence-electron chi connectivity index (χ1n) is 10.4. The van der Waals surface area contributed by atoms with Crippen LogP contribution in [0.15, 0.2) is 22.8 Å². The number of nitrogens with one attached hydrogen (secondary N) is 1. The fourth-order valence-electron chi connectivity index (χ4n) is 4.30. The summed E-state index contributed by atoms with van der Waals surface area (Å²) in [5, 5.41) is 3.17. The average Bonchev–Trinajstić information content (AvgIpc) is 3.36. The predicted molar refractivity (Wildman–Crippen MR) is 104 cm³/mol. The Morgan fingerprint density at radius 2 is 1.89 bits per heavy atom. The zero-order valence-corrected chi connectivity index (χ0v) is 16.7. The van der Waals surface area contributed by atoms with Crippen molar-refractivity contribution in [3.05, 3.63) is 24.2 Å². The van der Waals surface area contributed by atoms with E-state index in [0.29, 0.717) is 30.7 Å². The second-order valence-corrected chi connectivity index (χ2v) is 8.27. The molecule has 1 atom stereocenters. The summed E-state index contributed by atoms with van der Waals surface area (Å²) in [5.41, 5.74) is 0. The molecular weight excluding hydrogens is 342 g/mol. The minimum absolute atomic E-state index is 0.0551. The highest BCUT2D eigenvalue weighted by molar-refractivity contribution is 5.91. The molecule has 1 unspecified atom stereocenters. The van der Waals surface area contributed by atoms with Crippen LogP contribution in [0, 0.1) is 11.8 Å². The highest BCUT2D eigenvalue weighted by Gasteiger charge is 2.37. The SMILES string of the molecule is CC(C)CCNC(=O)C(C1CCCC1)N1CCN(C(=O)c2ccco2)CC1. The summed E-state index contributed by atoms with van der Waals surface area (Å²) in [7, 11) is 0. The topological polar surface area (TPSA) is 65.8 Å². The van der Waals surface area contributed by atoms with E-state index < -0.39 is 0 Å². The molecule has 0 radical (unpaired) electrons. The van der Waals surface area contributed by atoms with E-state index in [1.807, 2.05) is 4.90 Å². The molecule has 2 amide bonds. The lowest BCUT2D eigenvalue weighted by Gasteiger charge is -2.40. The Hall–Kier alpha value is -1.82. The molecule has 1 aliphatic carbocycles. The number of amides is 2. The zero-order chi connectivity index (χ0) is 19.2. The summed E-state index contributed by atoms with van der Waals surface area (Å²) >= 11 is 0. The van der Waals surface area contributed by atoms with Crippen LogP contribution in [0.4, 0.5) is 0 Å². The molecule has 6 heteroatoms.